The molecule has 0 aliphatic heterocycles. The smallest absolute Gasteiger partial charge is 0.305 e. The van der Waals surface area contributed by atoms with E-state index in [4.69, 9.17) is 4.74 Å². The summed E-state index contributed by atoms with van der Waals surface area (Å²) in [5, 5.41) is 23.1. The third-order valence-corrected chi connectivity index (χ3v) is 12.3. The van der Waals surface area contributed by atoms with Crippen molar-refractivity contribution in [3.63, 3.8) is 0 Å². The van der Waals surface area contributed by atoms with Crippen LogP contribution in [0.4, 0.5) is 0 Å². The summed E-state index contributed by atoms with van der Waals surface area (Å²) < 4.78 is 5.45. The molecule has 0 radical (unpaired) electrons. The number of carbonyl (C=O) groups is 2. The van der Waals surface area contributed by atoms with Gasteiger partial charge in [-0.3, -0.25) is 9.59 Å². The predicted molar refractivity (Wildman–Crippen MR) is 255 cm³/mol. The molecule has 6 nitrogen and oxygen atoms in total. The Morgan fingerprint density at radius 2 is 0.780 bits per heavy atom. The molecule has 0 bridgehead atoms. The van der Waals surface area contributed by atoms with Crippen molar-refractivity contribution in [2.45, 2.75) is 302 Å². The Bertz CT molecular complexity index is 878. The Balaban J connectivity index is 3.51. The average Bonchev–Trinajstić information content (AvgIpc) is 3.24. The Morgan fingerprint density at radius 3 is 1.15 bits per heavy atom. The van der Waals surface area contributed by atoms with Crippen LogP contribution in [0.1, 0.15) is 290 Å². The molecule has 350 valence electrons. The fourth-order valence-corrected chi connectivity index (χ4v) is 8.22. The van der Waals surface area contributed by atoms with Gasteiger partial charge < -0.3 is 20.3 Å². The topological polar surface area (TPSA) is 95.9 Å². The number of carbonyl (C=O) groups excluding carboxylic acids is 2. The van der Waals surface area contributed by atoms with E-state index in [1.807, 2.05) is 6.08 Å². The number of amides is 1. The maximum absolute atomic E-state index is 12.4. The standard InChI is InChI=1S/C53H103NO5/c1-3-5-7-9-11-13-15-17-19-20-21-23-24-26-29-33-37-41-45-51(56)50(49-55)54-52(57)46-42-38-34-30-28-32-36-40-44-48-59-53(58)47-43-39-35-31-27-25-22-18-16-14-12-10-8-6-4-2/h41,45,50-51,55-56H,3-40,42-44,46-49H2,1-2H3,(H,54,57)/b45-41+. The molecule has 0 heterocycles. The zero-order chi connectivity index (χ0) is 43.0. The van der Waals surface area contributed by atoms with E-state index in [2.05, 4.69) is 19.2 Å². The second-order valence-corrected chi connectivity index (χ2v) is 18.2. The third-order valence-electron chi connectivity index (χ3n) is 12.3. The number of nitrogens with one attached hydrogen (secondary N) is 1. The van der Waals surface area contributed by atoms with Crippen LogP contribution in [-0.2, 0) is 14.3 Å². The SMILES string of the molecule is CCCCCCCCCCCCCCCCCC/C=C/C(O)C(CO)NC(=O)CCCCCCCCCCCOC(=O)CCCCCCCCCCCCCCCCC. The van der Waals surface area contributed by atoms with Crippen LogP contribution in [0.15, 0.2) is 12.2 Å². The first-order valence-electron chi connectivity index (χ1n) is 26.5. The number of hydrogen-bond donors (Lipinski definition) is 3. The number of rotatable bonds is 49. The monoisotopic (exact) mass is 834 g/mol. The highest BCUT2D eigenvalue weighted by Gasteiger charge is 2.18. The van der Waals surface area contributed by atoms with Crippen LogP contribution < -0.4 is 5.32 Å². The highest BCUT2D eigenvalue weighted by Crippen LogP contribution is 2.17. The summed E-state index contributed by atoms with van der Waals surface area (Å²) >= 11 is 0. The Kier molecular flexibility index (Phi) is 48.1. The van der Waals surface area contributed by atoms with Gasteiger partial charge in [-0.15, -0.1) is 0 Å². The molecule has 0 aliphatic carbocycles. The lowest BCUT2D eigenvalue weighted by molar-refractivity contribution is -0.143. The molecule has 0 aliphatic rings. The van der Waals surface area contributed by atoms with Gasteiger partial charge in [0.2, 0.25) is 5.91 Å². The van der Waals surface area contributed by atoms with Crippen LogP contribution in [0.3, 0.4) is 0 Å². The molecule has 3 N–H and O–H groups in total. The Hall–Kier alpha value is -1.40. The Labute approximate surface area is 368 Å². The van der Waals surface area contributed by atoms with Gasteiger partial charge in [0.15, 0.2) is 0 Å². The van der Waals surface area contributed by atoms with E-state index in [1.54, 1.807) is 6.08 Å². The maximum atomic E-state index is 12.4. The van der Waals surface area contributed by atoms with Crippen LogP contribution in [0.25, 0.3) is 0 Å². The zero-order valence-electron chi connectivity index (χ0n) is 39.7. The van der Waals surface area contributed by atoms with Gasteiger partial charge in [-0.1, -0.05) is 257 Å². The quantitative estimate of drug-likeness (QED) is 0.0322. The summed E-state index contributed by atoms with van der Waals surface area (Å²) in [6.07, 6.45) is 56.4. The van der Waals surface area contributed by atoms with Gasteiger partial charge >= 0.3 is 5.97 Å². The van der Waals surface area contributed by atoms with Crippen LogP contribution >= 0.6 is 0 Å². The number of ether oxygens (including phenoxy) is 1. The largest absolute Gasteiger partial charge is 0.466 e. The van der Waals surface area contributed by atoms with Gasteiger partial charge in [0.05, 0.1) is 25.4 Å². The fraction of sp³-hybridized carbons (Fsp3) is 0.925. The van der Waals surface area contributed by atoms with Crippen molar-refractivity contribution in [3.05, 3.63) is 12.2 Å². The van der Waals surface area contributed by atoms with Crippen molar-refractivity contribution < 1.29 is 24.5 Å². The van der Waals surface area contributed by atoms with E-state index in [1.165, 1.54) is 205 Å². The van der Waals surface area contributed by atoms with E-state index >= 15 is 0 Å². The minimum atomic E-state index is -0.860. The number of aliphatic hydroxyl groups is 2. The summed E-state index contributed by atoms with van der Waals surface area (Å²) in [5.41, 5.74) is 0. The van der Waals surface area contributed by atoms with Crippen LogP contribution in [0.2, 0.25) is 0 Å². The second kappa shape index (κ2) is 49.3. The van der Waals surface area contributed by atoms with Crippen molar-refractivity contribution >= 4 is 11.9 Å². The lowest BCUT2D eigenvalue weighted by Gasteiger charge is -2.20. The van der Waals surface area contributed by atoms with Gasteiger partial charge in [0, 0.05) is 12.8 Å². The van der Waals surface area contributed by atoms with Crippen molar-refractivity contribution in [1.29, 1.82) is 0 Å². The number of allylic oxidation sites excluding steroid dienone is 1. The summed E-state index contributed by atoms with van der Waals surface area (Å²) in [5.74, 6) is -0.117. The third kappa shape index (κ3) is 45.9. The number of aliphatic hydroxyl groups excluding tert-OH is 2. The molecule has 0 aromatic heterocycles. The molecule has 0 rings (SSSR count). The summed E-state index contributed by atoms with van der Waals surface area (Å²) in [7, 11) is 0. The molecular weight excluding hydrogens is 731 g/mol. The minimum Gasteiger partial charge on any atom is -0.466 e. The summed E-state index contributed by atoms with van der Waals surface area (Å²) in [6.45, 7) is 4.86. The van der Waals surface area contributed by atoms with E-state index in [-0.39, 0.29) is 18.5 Å². The van der Waals surface area contributed by atoms with Crippen LogP contribution in [-0.4, -0.2) is 47.4 Å². The van der Waals surface area contributed by atoms with E-state index in [0.29, 0.717) is 19.4 Å². The normalized spacial score (nSPS) is 12.7. The van der Waals surface area contributed by atoms with E-state index < -0.39 is 12.1 Å². The predicted octanol–water partition coefficient (Wildman–Crippen LogP) is 15.7. The minimum absolute atomic E-state index is 0.0239. The molecule has 0 fully saturated rings. The van der Waals surface area contributed by atoms with E-state index in [0.717, 1.165) is 57.8 Å². The second-order valence-electron chi connectivity index (χ2n) is 18.2. The van der Waals surface area contributed by atoms with Gasteiger partial charge in [-0.05, 0) is 32.1 Å². The molecule has 1 amide bonds. The van der Waals surface area contributed by atoms with Crippen molar-refractivity contribution in [1.82, 2.24) is 5.32 Å². The first-order valence-corrected chi connectivity index (χ1v) is 26.5. The number of hydrogen-bond acceptors (Lipinski definition) is 5. The average molecular weight is 834 g/mol. The molecule has 6 heteroatoms. The van der Waals surface area contributed by atoms with Crippen LogP contribution in [0.5, 0.6) is 0 Å². The maximum Gasteiger partial charge on any atom is 0.305 e. The van der Waals surface area contributed by atoms with E-state index in [9.17, 15) is 19.8 Å². The molecule has 0 saturated carbocycles. The molecule has 0 aromatic rings. The molecule has 2 unspecified atom stereocenters. The van der Waals surface area contributed by atoms with Crippen molar-refractivity contribution in [2.24, 2.45) is 0 Å². The van der Waals surface area contributed by atoms with Crippen molar-refractivity contribution in [3.8, 4) is 0 Å². The van der Waals surface area contributed by atoms with Gasteiger partial charge in [0.1, 0.15) is 0 Å². The van der Waals surface area contributed by atoms with Gasteiger partial charge in [-0.2, -0.15) is 0 Å². The molecule has 0 spiro atoms. The highest BCUT2D eigenvalue weighted by molar-refractivity contribution is 5.76. The van der Waals surface area contributed by atoms with Crippen LogP contribution in [0, 0.1) is 0 Å². The molecular formula is C53H103NO5. The van der Waals surface area contributed by atoms with Crippen molar-refractivity contribution in [2.75, 3.05) is 13.2 Å². The highest BCUT2D eigenvalue weighted by atomic mass is 16.5. The molecule has 2 atom stereocenters. The number of unbranched alkanes of at least 4 members (excludes halogenated alkanes) is 38. The first-order chi connectivity index (χ1) is 29.0. The lowest BCUT2D eigenvalue weighted by Crippen LogP contribution is -2.45. The molecule has 0 aromatic carbocycles. The summed E-state index contributed by atoms with van der Waals surface area (Å²) in [4.78, 5) is 24.5. The first kappa shape index (κ1) is 57.6. The molecule has 59 heavy (non-hydrogen) atoms. The number of esters is 1. The Morgan fingerprint density at radius 1 is 0.458 bits per heavy atom. The molecule has 0 saturated heterocycles. The fourth-order valence-electron chi connectivity index (χ4n) is 8.22. The lowest BCUT2D eigenvalue weighted by atomic mass is 10.0. The zero-order valence-corrected chi connectivity index (χ0v) is 39.7. The summed E-state index contributed by atoms with van der Waals surface area (Å²) in [6, 6.07) is -0.646. The van der Waals surface area contributed by atoms with Gasteiger partial charge in [-0.25, -0.2) is 0 Å². The van der Waals surface area contributed by atoms with Gasteiger partial charge in [0.25, 0.3) is 0 Å².